The minimum absolute atomic E-state index is 0. The number of benzene rings is 1. The third-order valence-electron chi connectivity index (χ3n) is 3.43. The number of halogens is 1. The lowest BCUT2D eigenvalue weighted by Gasteiger charge is -2.20. The van der Waals surface area contributed by atoms with Gasteiger partial charge >= 0.3 is 0 Å². The summed E-state index contributed by atoms with van der Waals surface area (Å²) in [5, 5.41) is 1.95. The van der Waals surface area contributed by atoms with Gasteiger partial charge in [-0.05, 0) is 35.9 Å². The van der Waals surface area contributed by atoms with Crippen molar-refractivity contribution in [3.63, 3.8) is 0 Å². The normalized spacial score (nSPS) is 23.4. The number of para-hydroxylation sites is 1. The molecule has 21 heavy (non-hydrogen) atoms. The van der Waals surface area contributed by atoms with Crippen molar-refractivity contribution in [3.8, 4) is 0 Å². The summed E-state index contributed by atoms with van der Waals surface area (Å²) < 4.78 is 0. The van der Waals surface area contributed by atoms with Gasteiger partial charge in [-0.25, -0.2) is 0 Å². The van der Waals surface area contributed by atoms with Crippen LogP contribution in [-0.4, -0.2) is 30.3 Å². The Hall–Kier alpha value is -1.50. The Morgan fingerprint density at radius 3 is 2.71 bits per heavy atom. The van der Waals surface area contributed by atoms with Crippen molar-refractivity contribution >= 4 is 47.1 Å². The van der Waals surface area contributed by atoms with Crippen LogP contribution in [0.15, 0.2) is 29.2 Å². The average molecular weight is 326 g/mol. The molecule has 2 amide bonds. The Bertz CT molecular complexity index is 606. The first-order valence-electron chi connectivity index (χ1n) is 6.48. The summed E-state index contributed by atoms with van der Waals surface area (Å²) in [5.41, 5.74) is 7.94. The molecule has 7 heteroatoms. The Labute approximate surface area is 133 Å². The number of hydrogen-bond acceptors (Lipinski definition) is 5. The molecular weight excluding hydrogens is 310 g/mol. The van der Waals surface area contributed by atoms with Crippen LogP contribution in [0.2, 0.25) is 0 Å². The number of rotatable bonds is 2. The largest absolute Gasteiger partial charge is 0.369 e. The minimum atomic E-state index is -0.326. The lowest BCUT2D eigenvalue weighted by molar-refractivity contribution is -0.115. The zero-order chi connectivity index (χ0) is 14.1. The summed E-state index contributed by atoms with van der Waals surface area (Å²) in [7, 11) is 0. The molecule has 2 fully saturated rings. The molecule has 5 nitrogen and oxygen atoms in total. The maximum Gasteiger partial charge on any atom is 0.290 e. The van der Waals surface area contributed by atoms with E-state index in [2.05, 4.69) is 10.2 Å². The second-order valence-corrected chi connectivity index (χ2v) is 5.92. The maximum absolute atomic E-state index is 11.6. The van der Waals surface area contributed by atoms with Gasteiger partial charge in [0.25, 0.3) is 11.1 Å². The smallest absolute Gasteiger partial charge is 0.290 e. The zero-order valence-corrected chi connectivity index (χ0v) is 12.9. The van der Waals surface area contributed by atoms with Crippen molar-refractivity contribution in [2.75, 3.05) is 18.0 Å². The monoisotopic (exact) mass is 325 g/mol. The van der Waals surface area contributed by atoms with Crippen molar-refractivity contribution in [2.45, 2.75) is 12.5 Å². The molecule has 0 aliphatic carbocycles. The van der Waals surface area contributed by atoms with Crippen LogP contribution in [0.1, 0.15) is 12.0 Å². The maximum atomic E-state index is 11.6. The van der Waals surface area contributed by atoms with E-state index < -0.39 is 0 Å². The fourth-order valence-corrected chi connectivity index (χ4v) is 3.14. The predicted octanol–water partition coefficient (Wildman–Crippen LogP) is 1.97. The minimum Gasteiger partial charge on any atom is -0.369 e. The predicted molar refractivity (Wildman–Crippen MR) is 87.6 cm³/mol. The summed E-state index contributed by atoms with van der Waals surface area (Å²) in [6, 6.07) is 8.05. The number of nitrogens with two attached hydrogens (primary N) is 1. The first-order valence-corrected chi connectivity index (χ1v) is 7.29. The van der Waals surface area contributed by atoms with E-state index in [-0.39, 0.29) is 29.6 Å². The molecule has 2 saturated heterocycles. The van der Waals surface area contributed by atoms with Crippen LogP contribution >= 0.6 is 24.2 Å². The van der Waals surface area contributed by atoms with Crippen LogP contribution in [0, 0.1) is 0 Å². The van der Waals surface area contributed by atoms with Crippen molar-refractivity contribution in [1.29, 1.82) is 0 Å². The van der Waals surface area contributed by atoms with Crippen LogP contribution in [0.5, 0.6) is 0 Å². The highest BCUT2D eigenvalue weighted by Gasteiger charge is 2.26. The van der Waals surface area contributed by atoms with Gasteiger partial charge in [0, 0.05) is 24.8 Å². The van der Waals surface area contributed by atoms with Gasteiger partial charge in [-0.3, -0.25) is 14.9 Å². The quantitative estimate of drug-likeness (QED) is 0.813. The molecule has 2 aliphatic heterocycles. The van der Waals surface area contributed by atoms with Gasteiger partial charge in [0.15, 0.2) is 0 Å². The summed E-state index contributed by atoms with van der Waals surface area (Å²) in [4.78, 5) is 25.5. The summed E-state index contributed by atoms with van der Waals surface area (Å²) in [6.45, 7) is 1.73. The van der Waals surface area contributed by atoms with E-state index in [0.717, 1.165) is 42.5 Å². The molecule has 112 valence electrons. The van der Waals surface area contributed by atoms with Gasteiger partial charge in [-0.2, -0.15) is 0 Å². The summed E-state index contributed by atoms with van der Waals surface area (Å²) >= 11 is 0.939. The highest BCUT2D eigenvalue weighted by Crippen LogP contribution is 2.30. The lowest BCUT2D eigenvalue weighted by atomic mass is 10.1. The fraction of sp³-hybridized carbons (Fsp3) is 0.286. The molecule has 0 aromatic heterocycles. The van der Waals surface area contributed by atoms with E-state index in [1.807, 2.05) is 24.3 Å². The Morgan fingerprint density at radius 1 is 1.33 bits per heavy atom. The molecule has 1 aromatic carbocycles. The lowest BCUT2D eigenvalue weighted by Crippen LogP contribution is -2.26. The van der Waals surface area contributed by atoms with E-state index >= 15 is 0 Å². The average Bonchev–Trinajstić information content (AvgIpc) is 2.97. The molecule has 0 spiro atoms. The van der Waals surface area contributed by atoms with Crippen molar-refractivity contribution in [1.82, 2.24) is 5.32 Å². The van der Waals surface area contributed by atoms with E-state index in [4.69, 9.17) is 5.73 Å². The van der Waals surface area contributed by atoms with E-state index in [1.54, 1.807) is 6.08 Å². The SMILES string of the molecule is Cl.N[C@H]1CCN(c2ccccc2/C=C2\SC(=O)NC2=O)C1. The van der Waals surface area contributed by atoms with E-state index in [1.165, 1.54) is 0 Å². The number of carbonyl (C=O) groups excluding carboxylic acids is 2. The van der Waals surface area contributed by atoms with E-state index in [9.17, 15) is 9.59 Å². The third-order valence-corrected chi connectivity index (χ3v) is 4.24. The Kier molecular flexibility index (Phi) is 4.92. The molecule has 3 rings (SSSR count). The highest BCUT2D eigenvalue weighted by molar-refractivity contribution is 8.18. The second-order valence-electron chi connectivity index (χ2n) is 4.91. The molecule has 2 aliphatic rings. The molecule has 0 bridgehead atoms. The van der Waals surface area contributed by atoms with Crippen LogP contribution < -0.4 is 16.0 Å². The molecule has 3 N–H and O–H groups in total. The van der Waals surface area contributed by atoms with Crippen molar-refractivity contribution in [3.05, 3.63) is 34.7 Å². The number of carbonyl (C=O) groups is 2. The highest BCUT2D eigenvalue weighted by atomic mass is 35.5. The molecular formula is C14H16ClN3O2S. The molecule has 1 atom stereocenters. The standard InChI is InChI=1S/C14H15N3O2S.ClH/c15-10-5-6-17(8-10)11-4-2-1-3-9(11)7-12-13(18)16-14(19)20-12;/h1-4,7,10H,5-6,8,15H2,(H,16,18,19);1H/b12-7-;/t10-;/m0./s1. The Balaban J connectivity index is 0.00000161. The molecule has 2 heterocycles. The molecule has 1 aromatic rings. The fourth-order valence-electron chi connectivity index (χ4n) is 2.47. The van der Waals surface area contributed by atoms with Crippen molar-refractivity contribution < 1.29 is 9.59 Å². The van der Waals surface area contributed by atoms with Gasteiger partial charge in [0.1, 0.15) is 0 Å². The molecule has 0 saturated carbocycles. The van der Waals surface area contributed by atoms with Crippen LogP contribution in [0.25, 0.3) is 6.08 Å². The molecule has 0 radical (unpaired) electrons. The summed E-state index contributed by atoms with van der Waals surface area (Å²) in [6.07, 6.45) is 2.74. The second kappa shape index (κ2) is 6.51. The first kappa shape index (κ1) is 15.9. The number of nitrogens with one attached hydrogen (secondary N) is 1. The zero-order valence-electron chi connectivity index (χ0n) is 11.2. The van der Waals surface area contributed by atoms with Gasteiger partial charge < -0.3 is 10.6 Å². The van der Waals surface area contributed by atoms with Crippen LogP contribution in [0.3, 0.4) is 0 Å². The first-order chi connectivity index (χ1) is 9.63. The number of thioether (sulfide) groups is 1. The van der Waals surface area contributed by atoms with Crippen molar-refractivity contribution in [2.24, 2.45) is 5.73 Å². The number of nitrogens with zero attached hydrogens (tertiary/aromatic N) is 1. The van der Waals surface area contributed by atoms with Crippen LogP contribution in [0.4, 0.5) is 10.5 Å². The Morgan fingerprint density at radius 2 is 2.10 bits per heavy atom. The molecule has 0 unspecified atom stereocenters. The topological polar surface area (TPSA) is 75.4 Å². The number of imide groups is 1. The van der Waals surface area contributed by atoms with Gasteiger partial charge in [0.2, 0.25) is 0 Å². The van der Waals surface area contributed by atoms with Gasteiger partial charge in [-0.1, -0.05) is 18.2 Å². The van der Waals surface area contributed by atoms with E-state index in [0.29, 0.717) is 4.91 Å². The summed E-state index contributed by atoms with van der Waals surface area (Å²) in [5.74, 6) is -0.326. The van der Waals surface area contributed by atoms with Crippen LogP contribution in [-0.2, 0) is 4.79 Å². The number of anilines is 1. The third kappa shape index (κ3) is 3.40. The number of hydrogen-bond donors (Lipinski definition) is 2. The van der Waals surface area contributed by atoms with Gasteiger partial charge in [0.05, 0.1) is 4.91 Å². The number of amides is 2. The van der Waals surface area contributed by atoms with Gasteiger partial charge in [-0.15, -0.1) is 12.4 Å².